The van der Waals surface area contributed by atoms with E-state index in [9.17, 15) is 5.11 Å². The van der Waals surface area contributed by atoms with Crippen LogP contribution in [0.15, 0.2) is 18.3 Å². The van der Waals surface area contributed by atoms with Crippen molar-refractivity contribution in [1.82, 2.24) is 9.97 Å². The van der Waals surface area contributed by atoms with E-state index in [1.165, 1.54) is 16.7 Å². The fourth-order valence-electron chi connectivity index (χ4n) is 2.35. The maximum absolute atomic E-state index is 9.65. The van der Waals surface area contributed by atoms with Gasteiger partial charge in [-0.2, -0.15) is 0 Å². The summed E-state index contributed by atoms with van der Waals surface area (Å²) in [5.74, 6) is 0.520. The molecule has 4 nitrogen and oxygen atoms in total. The van der Waals surface area contributed by atoms with Gasteiger partial charge in [-0.1, -0.05) is 17.7 Å². The van der Waals surface area contributed by atoms with Gasteiger partial charge in [0.1, 0.15) is 11.9 Å². The number of aryl methyl sites for hydroxylation is 3. The molecule has 0 bridgehead atoms. The molecule has 0 spiro atoms. The van der Waals surface area contributed by atoms with E-state index in [1.807, 2.05) is 0 Å². The Labute approximate surface area is 107 Å². The largest absolute Gasteiger partial charge is 0.384 e. The fourth-order valence-corrected chi connectivity index (χ4v) is 2.35. The minimum atomic E-state index is -0.732. The van der Waals surface area contributed by atoms with E-state index in [1.54, 1.807) is 6.20 Å². The molecule has 2 aromatic rings. The highest BCUT2D eigenvalue weighted by molar-refractivity contribution is 5.67. The maximum Gasteiger partial charge on any atom is 0.136 e. The van der Waals surface area contributed by atoms with E-state index < -0.39 is 6.10 Å². The fraction of sp³-hybridized carbons (Fsp3) is 0.357. The maximum atomic E-state index is 9.65. The highest BCUT2D eigenvalue weighted by atomic mass is 16.3. The molecule has 0 fully saturated rings. The smallest absolute Gasteiger partial charge is 0.136 e. The Bertz CT molecular complexity index is 537. The van der Waals surface area contributed by atoms with Crippen molar-refractivity contribution < 1.29 is 5.11 Å². The first-order chi connectivity index (χ1) is 8.52. The highest BCUT2D eigenvalue weighted by Crippen LogP contribution is 2.27. The number of aromatic amines is 1. The van der Waals surface area contributed by atoms with Crippen LogP contribution in [0.4, 0.5) is 0 Å². The molecule has 4 N–H and O–H groups in total. The normalized spacial score (nSPS) is 12.7. The van der Waals surface area contributed by atoms with Crippen LogP contribution >= 0.6 is 0 Å². The van der Waals surface area contributed by atoms with Crippen molar-refractivity contribution in [3.63, 3.8) is 0 Å². The third-order valence-corrected chi connectivity index (χ3v) is 3.08. The number of nitrogens with one attached hydrogen (secondary N) is 1. The van der Waals surface area contributed by atoms with Gasteiger partial charge in [-0.3, -0.25) is 0 Å². The molecule has 0 radical (unpaired) electrons. The number of aromatic nitrogens is 2. The summed E-state index contributed by atoms with van der Waals surface area (Å²) in [6.07, 6.45) is 1.02. The van der Waals surface area contributed by atoms with Crippen molar-refractivity contribution in [1.29, 1.82) is 0 Å². The van der Waals surface area contributed by atoms with Crippen LogP contribution in [0.5, 0.6) is 0 Å². The standard InChI is InChI=1S/C14H19N3O/c1-8-4-9(2)13(10(3)5-8)11-7-16-14(17-11)12(18)6-15/h4-5,7,12,18H,6,15H2,1-3H3,(H,16,17). The van der Waals surface area contributed by atoms with Crippen LogP contribution in [0, 0.1) is 20.8 Å². The highest BCUT2D eigenvalue weighted by Gasteiger charge is 2.13. The number of benzene rings is 1. The summed E-state index contributed by atoms with van der Waals surface area (Å²) in [5.41, 5.74) is 11.1. The summed E-state index contributed by atoms with van der Waals surface area (Å²) < 4.78 is 0. The van der Waals surface area contributed by atoms with Gasteiger partial charge in [-0.05, 0) is 31.9 Å². The van der Waals surface area contributed by atoms with Crippen molar-refractivity contribution in [3.8, 4) is 11.3 Å². The molecule has 4 heteroatoms. The molecule has 1 atom stereocenters. The van der Waals surface area contributed by atoms with Gasteiger partial charge in [0.15, 0.2) is 0 Å². The quantitative estimate of drug-likeness (QED) is 0.774. The lowest BCUT2D eigenvalue weighted by Crippen LogP contribution is -2.12. The zero-order valence-electron chi connectivity index (χ0n) is 11.0. The molecule has 1 unspecified atom stereocenters. The topological polar surface area (TPSA) is 74.9 Å². The average Bonchev–Trinajstić information content (AvgIpc) is 2.76. The molecule has 0 saturated heterocycles. The molecule has 1 aromatic carbocycles. The Morgan fingerprint density at radius 1 is 1.28 bits per heavy atom. The van der Waals surface area contributed by atoms with Crippen molar-refractivity contribution >= 4 is 0 Å². The lowest BCUT2D eigenvalue weighted by Gasteiger charge is -2.09. The molecular formula is C14H19N3O. The first-order valence-corrected chi connectivity index (χ1v) is 6.04. The second kappa shape index (κ2) is 4.92. The van der Waals surface area contributed by atoms with Crippen LogP contribution in [0.1, 0.15) is 28.6 Å². The van der Waals surface area contributed by atoms with Gasteiger partial charge in [0.25, 0.3) is 0 Å². The van der Waals surface area contributed by atoms with Gasteiger partial charge in [0, 0.05) is 12.1 Å². The molecule has 2 rings (SSSR count). The average molecular weight is 245 g/mol. The molecule has 0 aliphatic carbocycles. The Kier molecular flexibility index (Phi) is 3.50. The van der Waals surface area contributed by atoms with Crippen molar-refractivity contribution in [3.05, 3.63) is 40.8 Å². The van der Waals surface area contributed by atoms with Crippen molar-refractivity contribution in [2.45, 2.75) is 26.9 Å². The third kappa shape index (κ3) is 2.30. The number of imidazole rings is 1. The van der Waals surface area contributed by atoms with Gasteiger partial charge in [-0.15, -0.1) is 0 Å². The molecule has 96 valence electrons. The van der Waals surface area contributed by atoms with E-state index in [4.69, 9.17) is 5.73 Å². The molecule has 18 heavy (non-hydrogen) atoms. The van der Waals surface area contributed by atoms with Crippen molar-refractivity contribution in [2.24, 2.45) is 5.73 Å². The summed E-state index contributed by atoms with van der Waals surface area (Å²) in [5, 5.41) is 9.65. The minimum Gasteiger partial charge on any atom is -0.384 e. The lowest BCUT2D eigenvalue weighted by molar-refractivity contribution is 0.177. The SMILES string of the molecule is Cc1cc(C)c(-c2cnc(C(O)CN)[nH]2)c(C)c1. The number of nitrogens with zero attached hydrogens (tertiary/aromatic N) is 1. The van der Waals surface area contributed by atoms with Crippen LogP contribution in [-0.2, 0) is 0 Å². The van der Waals surface area contributed by atoms with Gasteiger partial charge in [-0.25, -0.2) is 4.98 Å². The Morgan fingerprint density at radius 2 is 1.89 bits per heavy atom. The molecule has 0 saturated carbocycles. The second-order valence-electron chi connectivity index (χ2n) is 4.71. The number of rotatable bonds is 3. The molecule has 1 aromatic heterocycles. The van der Waals surface area contributed by atoms with Gasteiger partial charge < -0.3 is 15.8 Å². The number of hydrogen-bond donors (Lipinski definition) is 3. The zero-order valence-corrected chi connectivity index (χ0v) is 11.0. The van der Waals surface area contributed by atoms with Gasteiger partial charge >= 0.3 is 0 Å². The first kappa shape index (κ1) is 12.8. The summed E-state index contributed by atoms with van der Waals surface area (Å²) in [6, 6.07) is 4.28. The van der Waals surface area contributed by atoms with E-state index in [-0.39, 0.29) is 6.54 Å². The van der Waals surface area contributed by atoms with Crippen LogP contribution < -0.4 is 5.73 Å². The summed E-state index contributed by atoms with van der Waals surface area (Å²) in [4.78, 5) is 7.32. The minimum absolute atomic E-state index is 0.165. The monoisotopic (exact) mass is 245 g/mol. The first-order valence-electron chi connectivity index (χ1n) is 6.04. The number of aliphatic hydroxyl groups is 1. The number of nitrogens with two attached hydrogens (primary N) is 1. The Balaban J connectivity index is 2.46. The molecule has 0 aliphatic rings. The molecule has 0 amide bonds. The van der Waals surface area contributed by atoms with E-state index >= 15 is 0 Å². The number of H-pyrrole nitrogens is 1. The Morgan fingerprint density at radius 3 is 2.44 bits per heavy atom. The van der Waals surface area contributed by atoms with Crippen molar-refractivity contribution in [2.75, 3.05) is 6.54 Å². The predicted octanol–water partition coefficient (Wildman–Crippen LogP) is 1.99. The number of aliphatic hydroxyl groups excluding tert-OH is 1. The molecule has 0 aliphatic heterocycles. The van der Waals surface area contributed by atoms with E-state index in [0.29, 0.717) is 5.82 Å². The third-order valence-electron chi connectivity index (χ3n) is 3.08. The predicted molar refractivity (Wildman–Crippen MR) is 72.2 cm³/mol. The molecular weight excluding hydrogens is 226 g/mol. The van der Waals surface area contributed by atoms with Crippen LogP contribution in [0.3, 0.4) is 0 Å². The lowest BCUT2D eigenvalue weighted by atomic mass is 9.98. The van der Waals surface area contributed by atoms with Crippen LogP contribution in [0.2, 0.25) is 0 Å². The summed E-state index contributed by atoms with van der Waals surface area (Å²) >= 11 is 0. The Hall–Kier alpha value is -1.65. The van der Waals surface area contributed by atoms with Crippen LogP contribution in [-0.4, -0.2) is 21.6 Å². The van der Waals surface area contributed by atoms with E-state index in [0.717, 1.165) is 11.3 Å². The van der Waals surface area contributed by atoms with Gasteiger partial charge in [0.2, 0.25) is 0 Å². The summed E-state index contributed by atoms with van der Waals surface area (Å²) in [7, 11) is 0. The second-order valence-corrected chi connectivity index (χ2v) is 4.71. The van der Waals surface area contributed by atoms with Crippen LogP contribution in [0.25, 0.3) is 11.3 Å². The summed E-state index contributed by atoms with van der Waals surface area (Å²) in [6.45, 7) is 6.41. The van der Waals surface area contributed by atoms with E-state index in [2.05, 4.69) is 42.9 Å². The van der Waals surface area contributed by atoms with Gasteiger partial charge in [0.05, 0.1) is 11.9 Å². The zero-order chi connectivity index (χ0) is 13.3. The number of hydrogen-bond acceptors (Lipinski definition) is 3. The molecule has 1 heterocycles.